The van der Waals surface area contributed by atoms with Crippen LogP contribution in [0.25, 0.3) is 17.0 Å². The highest BCUT2D eigenvalue weighted by Crippen LogP contribution is 2.32. The first kappa shape index (κ1) is 32.3. The average Bonchev–Trinajstić information content (AvgIpc) is 3.63. The molecule has 230 valence electrons. The first-order chi connectivity index (χ1) is 21.4. The Morgan fingerprint density at radius 2 is 1.32 bits per heavy atom. The number of unbranched alkanes of at least 4 members (excludes halogenated alkanes) is 2. The van der Waals surface area contributed by atoms with Crippen molar-refractivity contribution in [1.82, 2.24) is 0 Å². The fraction of sp³-hybridized carbons (Fsp3) is 0.412. The normalized spacial score (nSPS) is 21.1. The van der Waals surface area contributed by atoms with Crippen molar-refractivity contribution in [2.24, 2.45) is 0 Å². The van der Waals surface area contributed by atoms with Gasteiger partial charge in [-0.15, -0.1) is 0 Å². The molecule has 2 fully saturated rings. The molecule has 2 heterocycles. The highest BCUT2D eigenvalue weighted by Gasteiger charge is 2.51. The molecule has 0 aromatic heterocycles. The van der Waals surface area contributed by atoms with Crippen molar-refractivity contribution in [1.29, 1.82) is 5.26 Å². The van der Waals surface area contributed by atoms with Gasteiger partial charge in [0.15, 0.2) is 12.2 Å². The van der Waals surface area contributed by atoms with Gasteiger partial charge in [0.2, 0.25) is 0 Å². The van der Waals surface area contributed by atoms with Gasteiger partial charge in [-0.2, -0.15) is 5.26 Å². The molecule has 2 aliphatic rings. The van der Waals surface area contributed by atoms with Gasteiger partial charge in [-0.25, -0.2) is 9.64 Å². The number of hydrogen-bond donors (Lipinski definition) is 0. The summed E-state index contributed by atoms with van der Waals surface area (Å²) in [6.07, 6.45) is 3.91. The van der Waals surface area contributed by atoms with Crippen molar-refractivity contribution >= 4 is 24.1 Å². The number of ether oxygens (including phenoxy) is 6. The number of hydrogen-bond acceptors (Lipinski definition) is 9. The third kappa shape index (κ3) is 8.70. The molecule has 2 aromatic carbocycles. The van der Waals surface area contributed by atoms with E-state index >= 15 is 0 Å². The van der Waals surface area contributed by atoms with E-state index in [4.69, 9.17) is 35.0 Å². The topological polar surface area (TPSA) is 118 Å². The van der Waals surface area contributed by atoms with Crippen LogP contribution in [0.5, 0.6) is 11.5 Å². The van der Waals surface area contributed by atoms with Gasteiger partial charge in [-0.3, -0.25) is 4.79 Å². The lowest BCUT2D eigenvalue weighted by Gasteiger charge is -2.17. The molecule has 0 spiro atoms. The van der Waals surface area contributed by atoms with Gasteiger partial charge in [0.1, 0.15) is 35.3 Å². The summed E-state index contributed by atoms with van der Waals surface area (Å²) in [5, 5.41) is 9.60. The van der Waals surface area contributed by atoms with Gasteiger partial charge < -0.3 is 28.4 Å². The molecule has 0 unspecified atom stereocenters. The lowest BCUT2D eigenvalue weighted by molar-refractivity contribution is -0.150. The zero-order valence-electron chi connectivity index (χ0n) is 24.9. The molecule has 0 bridgehead atoms. The highest BCUT2D eigenvalue weighted by molar-refractivity contribution is 5.98. The number of nitriles is 1. The Kier molecular flexibility index (Phi) is 11.9. The number of esters is 2. The third-order valence-corrected chi connectivity index (χ3v) is 7.06. The Balaban J connectivity index is 1.31. The van der Waals surface area contributed by atoms with Gasteiger partial charge in [0.05, 0.1) is 33.0 Å². The Labute approximate surface area is 257 Å². The van der Waals surface area contributed by atoms with Crippen LogP contribution in [0.1, 0.15) is 50.7 Å². The van der Waals surface area contributed by atoms with E-state index in [1.807, 2.05) is 6.07 Å². The number of carbonyl (C=O) groups excluding carboxylic acids is 2. The van der Waals surface area contributed by atoms with Crippen LogP contribution in [0, 0.1) is 17.9 Å². The fourth-order valence-electron chi connectivity index (χ4n) is 4.62. The highest BCUT2D eigenvalue weighted by atomic mass is 16.7. The molecule has 10 nitrogen and oxygen atoms in total. The summed E-state index contributed by atoms with van der Waals surface area (Å²) in [5.41, 5.74) is 0.920. The number of benzene rings is 2. The number of fused-ring (bicyclic) bond motifs is 1. The van der Waals surface area contributed by atoms with Gasteiger partial charge in [0, 0.05) is 0 Å². The SMILES string of the molecule is [C-]#[N+]/C(=C\c1ccc(OCCCC)cc1)C(=O)O[C@@H]1CO[C@H]2[C@@H]1OC[C@@H]2OC(=O)/C(C#N)=C/c1ccc(OCCCC)cc1. The number of rotatable bonds is 14. The monoisotopic (exact) mass is 600 g/mol. The molecule has 0 amide bonds. The molecule has 0 aliphatic carbocycles. The maximum Gasteiger partial charge on any atom is 0.349 e. The van der Waals surface area contributed by atoms with Gasteiger partial charge in [-0.1, -0.05) is 51.0 Å². The van der Waals surface area contributed by atoms with E-state index in [1.165, 1.54) is 12.2 Å². The standard InChI is InChI=1S/C34H36N2O8/c1-4-6-16-39-26-12-8-23(9-13-26)18-25(20-35)33(37)43-29-21-41-32-30(22-42-31(29)32)44-34(38)28(36-3)19-24-10-14-27(15-11-24)40-17-7-5-2/h8-15,18-19,29-32H,4-7,16-17,21-22H2,1-2H3/b25-18+,28-19-/t29-,30+,31+,32+/m0/s1. The summed E-state index contributed by atoms with van der Waals surface area (Å²) in [6, 6.07) is 16.0. The van der Waals surface area contributed by atoms with Crippen LogP contribution in [0.15, 0.2) is 59.8 Å². The molecule has 0 saturated carbocycles. The van der Waals surface area contributed by atoms with Crippen LogP contribution in [-0.2, 0) is 28.5 Å². The molecule has 2 aliphatic heterocycles. The summed E-state index contributed by atoms with van der Waals surface area (Å²) >= 11 is 0. The van der Waals surface area contributed by atoms with Crippen LogP contribution in [0.4, 0.5) is 0 Å². The minimum Gasteiger partial charge on any atom is -0.494 e. The maximum atomic E-state index is 12.8. The molecular weight excluding hydrogens is 564 g/mol. The number of nitrogens with zero attached hydrogens (tertiary/aromatic N) is 2. The summed E-state index contributed by atoms with van der Waals surface area (Å²) in [4.78, 5) is 29.0. The van der Waals surface area contributed by atoms with Crippen molar-refractivity contribution in [2.75, 3.05) is 26.4 Å². The van der Waals surface area contributed by atoms with E-state index < -0.39 is 36.4 Å². The zero-order chi connectivity index (χ0) is 31.3. The van der Waals surface area contributed by atoms with E-state index in [2.05, 4.69) is 18.7 Å². The summed E-state index contributed by atoms with van der Waals surface area (Å²) in [7, 11) is 0. The van der Waals surface area contributed by atoms with Crippen molar-refractivity contribution in [3.05, 3.63) is 82.3 Å². The van der Waals surface area contributed by atoms with Crippen molar-refractivity contribution in [3.63, 3.8) is 0 Å². The van der Waals surface area contributed by atoms with Crippen LogP contribution in [-0.4, -0.2) is 62.8 Å². The molecule has 2 aromatic rings. The Morgan fingerprint density at radius 3 is 1.77 bits per heavy atom. The zero-order valence-corrected chi connectivity index (χ0v) is 24.9. The summed E-state index contributed by atoms with van der Waals surface area (Å²) in [5.74, 6) is -0.197. The molecule has 44 heavy (non-hydrogen) atoms. The molecule has 0 radical (unpaired) electrons. The van der Waals surface area contributed by atoms with Crippen molar-refractivity contribution in [2.45, 2.75) is 63.9 Å². The number of carbonyl (C=O) groups is 2. The fourth-order valence-corrected chi connectivity index (χ4v) is 4.62. The van der Waals surface area contributed by atoms with E-state index in [9.17, 15) is 14.9 Å². The molecule has 10 heteroatoms. The second-order valence-electron chi connectivity index (χ2n) is 10.3. The quantitative estimate of drug-likeness (QED) is 0.0906. The van der Waals surface area contributed by atoms with E-state index in [1.54, 1.807) is 48.5 Å². The third-order valence-electron chi connectivity index (χ3n) is 7.06. The van der Waals surface area contributed by atoms with Crippen LogP contribution >= 0.6 is 0 Å². The van der Waals surface area contributed by atoms with Crippen LogP contribution in [0.3, 0.4) is 0 Å². The summed E-state index contributed by atoms with van der Waals surface area (Å²) < 4.78 is 34.0. The van der Waals surface area contributed by atoms with Crippen molar-refractivity contribution in [3.8, 4) is 17.6 Å². The second kappa shape index (κ2) is 16.3. The van der Waals surface area contributed by atoms with Crippen LogP contribution in [0.2, 0.25) is 0 Å². The van der Waals surface area contributed by atoms with Gasteiger partial charge in [-0.05, 0) is 60.4 Å². The Hall–Kier alpha value is -4.64. The predicted molar refractivity (Wildman–Crippen MR) is 161 cm³/mol. The molecule has 2 saturated heterocycles. The lowest BCUT2D eigenvalue weighted by atomic mass is 10.1. The molecule has 4 rings (SSSR count). The largest absolute Gasteiger partial charge is 0.494 e. The minimum absolute atomic E-state index is 0.00974. The minimum atomic E-state index is -0.811. The van der Waals surface area contributed by atoms with Gasteiger partial charge in [0.25, 0.3) is 5.70 Å². The smallest absolute Gasteiger partial charge is 0.349 e. The second-order valence-corrected chi connectivity index (χ2v) is 10.3. The first-order valence-electron chi connectivity index (χ1n) is 14.8. The molecule has 0 N–H and O–H groups in total. The average molecular weight is 601 g/mol. The summed E-state index contributed by atoms with van der Waals surface area (Å²) in [6.45, 7) is 12.9. The maximum absolute atomic E-state index is 12.8. The molecular formula is C34H36N2O8. The lowest BCUT2D eigenvalue weighted by Crippen LogP contribution is -2.36. The van der Waals surface area contributed by atoms with Crippen LogP contribution < -0.4 is 9.47 Å². The first-order valence-corrected chi connectivity index (χ1v) is 14.8. The predicted octanol–water partition coefficient (Wildman–Crippen LogP) is 5.53. The van der Waals surface area contributed by atoms with E-state index in [0.717, 1.165) is 25.7 Å². The van der Waals surface area contributed by atoms with E-state index in [0.29, 0.717) is 35.8 Å². The Morgan fingerprint density at radius 1 is 0.841 bits per heavy atom. The van der Waals surface area contributed by atoms with Crippen molar-refractivity contribution < 1.29 is 38.0 Å². The van der Waals surface area contributed by atoms with Gasteiger partial charge >= 0.3 is 11.9 Å². The van der Waals surface area contributed by atoms with E-state index in [-0.39, 0.29) is 24.5 Å². The molecule has 4 atom stereocenters. The Bertz CT molecular complexity index is 1310.